The highest BCUT2D eigenvalue weighted by molar-refractivity contribution is 8.77. The van der Waals surface area contributed by atoms with E-state index in [1.165, 1.54) is 158 Å². The summed E-state index contributed by atoms with van der Waals surface area (Å²) in [6.45, 7) is 5.52. The molecule has 0 aliphatic heterocycles. The maximum atomic E-state index is 12.5. The molecule has 0 aromatic rings. The van der Waals surface area contributed by atoms with Gasteiger partial charge in [0, 0.05) is 29.4 Å². The van der Waals surface area contributed by atoms with E-state index >= 15 is 0 Å². The lowest BCUT2D eigenvalue weighted by Crippen LogP contribution is -2.20. The smallest absolute Gasteiger partial charge is 0.306 e. The molecule has 0 aliphatic rings. The first-order valence-electron chi connectivity index (χ1n) is 19.6. The minimum absolute atomic E-state index is 0.00255. The van der Waals surface area contributed by atoms with Gasteiger partial charge in [-0.15, -0.1) is 0 Å². The Morgan fingerprint density at radius 2 is 0.978 bits per heavy atom. The van der Waals surface area contributed by atoms with E-state index in [-0.39, 0.29) is 12.1 Å². The molecule has 46 heavy (non-hydrogen) atoms. The molecule has 7 heteroatoms. The van der Waals surface area contributed by atoms with Gasteiger partial charge < -0.3 is 9.64 Å². The SMILES string of the molecule is CCCCCCCC/C=C\CCSSCCCCC(CCCCSSCCCCCCCCCCCC)OC(=O)CCCN(C)C. The van der Waals surface area contributed by atoms with Gasteiger partial charge in [-0.1, -0.05) is 159 Å². The van der Waals surface area contributed by atoms with Gasteiger partial charge in [0.05, 0.1) is 0 Å². The van der Waals surface area contributed by atoms with Crippen molar-refractivity contribution in [3.05, 3.63) is 12.2 Å². The van der Waals surface area contributed by atoms with Crippen LogP contribution in [0.15, 0.2) is 12.2 Å². The Morgan fingerprint density at radius 3 is 1.50 bits per heavy atom. The van der Waals surface area contributed by atoms with Gasteiger partial charge >= 0.3 is 5.97 Å². The van der Waals surface area contributed by atoms with Crippen LogP contribution in [0.25, 0.3) is 0 Å². The van der Waals surface area contributed by atoms with Gasteiger partial charge in [-0.25, -0.2) is 0 Å². The van der Waals surface area contributed by atoms with Gasteiger partial charge in [0.15, 0.2) is 0 Å². The number of hydrogen-bond donors (Lipinski definition) is 0. The molecule has 0 bridgehead atoms. The number of rotatable bonds is 38. The van der Waals surface area contributed by atoms with Crippen LogP contribution in [0.3, 0.4) is 0 Å². The molecule has 0 saturated heterocycles. The molecule has 0 aromatic carbocycles. The highest BCUT2D eigenvalue weighted by atomic mass is 33.1. The van der Waals surface area contributed by atoms with Crippen molar-refractivity contribution in [3.8, 4) is 0 Å². The number of carbonyl (C=O) groups excluding carboxylic acids is 1. The first kappa shape index (κ1) is 46.6. The van der Waals surface area contributed by atoms with Crippen molar-refractivity contribution in [1.82, 2.24) is 4.90 Å². The lowest BCUT2D eigenvalue weighted by molar-refractivity contribution is -0.150. The fourth-order valence-corrected chi connectivity index (χ4v) is 9.82. The van der Waals surface area contributed by atoms with Crippen LogP contribution in [0, 0.1) is 0 Å². The van der Waals surface area contributed by atoms with Crippen LogP contribution in [-0.2, 0) is 9.53 Å². The Balaban J connectivity index is 3.90. The van der Waals surface area contributed by atoms with Crippen LogP contribution in [0.5, 0.6) is 0 Å². The standard InChI is InChI=1S/C39H77NO2S4/c1-5-7-9-11-13-15-17-19-21-25-34-43-45-36-27-23-30-38(42-39(41)32-29-33-40(3)4)31-24-28-37-46-44-35-26-22-20-18-16-14-12-10-8-6-2/h19,21,38H,5-18,20,22-37H2,1-4H3/b21-19-. The fraction of sp³-hybridized carbons (Fsp3) is 0.923. The summed E-state index contributed by atoms with van der Waals surface area (Å²) in [6, 6.07) is 0. The van der Waals surface area contributed by atoms with Gasteiger partial charge in [0.1, 0.15) is 6.10 Å². The van der Waals surface area contributed by atoms with Crippen LogP contribution in [0.4, 0.5) is 0 Å². The summed E-state index contributed by atoms with van der Waals surface area (Å²) in [5.74, 6) is 4.92. The van der Waals surface area contributed by atoms with Gasteiger partial charge in [0.2, 0.25) is 0 Å². The van der Waals surface area contributed by atoms with Crippen LogP contribution in [0.2, 0.25) is 0 Å². The number of unbranched alkanes of at least 4 members (excludes halogenated alkanes) is 17. The minimum Gasteiger partial charge on any atom is -0.462 e. The van der Waals surface area contributed by atoms with E-state index < -0.39 is 0 Å². The second kappa shape index (κ2) is 40.0. The highest BCUT2D eigenvalue weighted by Gasteiger charge is 2.14. The molecule has 0 aromatic heterocycles. The van der Waals surface area contributed by atoms with E-state index in [0.29, 0.717) is 6.42 Å². The van der Waals surface area contributed by atoms with Crippen molar-refractivity contribution in [2.45, 2.75) is 187 Å². The third kappa shape index (κ3) is 39.0. The molecule has 0 spiro atoms. The summed E-state index contributed by atoms with van der Waals surface area (Å²) >= 11 is 0. The van der Waals surface area contributed by atoms with E-state index in [1.807, 2.05) is 32.4 Å². The molecule has 0 rings (SSSR count). The van der Waals surface area contributed by atoms with Gasteiger partial charge in [0.25, 0.3) is 0 Å². The number of allylic oxidation sites excluding steroid dienone is 2. The first-order chi connectivity index (χ1) is 22.6. The van der Waals surface area contributed by atoms with E-state index in [4.69, 9.17) is 4.74 Å². The maximum Gasteiger partial charge on any atom is 0.306 e. The van der Waals surface area contributed by atoms with Crippen LogP contribution >= 0.6 is 43.2 Å². The van der Waals surface area contributed by atoms with Gasteiger partial charge in [-0.05, 0) is 91.3 Å². The first-order valence-corrected chi connectivity index (χ1v) is 24.6. The highest BCUT2D eigenvalue weighted by Crippen LogP contribution is 2.26. The number of nitrogens with zero attached hydrogens (tertiary/aromatic N) is 1. The van der Waals surface area contributed by atoms with E-state index in [9.17, 15) is 4.79 Å². The number of carbonyl (C=O) groups is 1. The average molecular weight is 720 g/mol. The van der Waals surface area contributed by atoms with Crippen molar-refractivity contribution in [2.24, 2.45) is 0 Å². The quantitative estimate of drug-likeness (QED) is 0.0272. The molecule has 0 fully saturated rings. The predicted molar refractivity (Wildman–Crippen MR) is 219 cm³/mol. The molecule has 0 radical (unpaired) electrons. The zero-order chi connectivity index (χ0) is 33.6. The average Bonchev–Trinajstić information content (AvgIpc) is 3.04. The van der Waals surface area contributed by atoms with Crippen LogP contribution in [-0.4, -0.2) is 60.6 Å². The molecule has 0 saturated carbocycles. The Bertz CT molecular complexity index is 635. The third-order valence-corrected chi connectivity index (χ3v) is 13.4. The van der Waals surface area contributed by atoms with E-state index in [0.717, 1.165) is 32.2 Å². The Labute approximate surface area is 304 Å². The largest absolute Gasteiger partial charge is 0.462 e. The second-order valence-corrected chi connectivity index (χ2v) is 18.7. The molecule has 0 aliphatic carbocycles. The topological polar surface area (TPSA) is 29.5 Å². The summed E-state index contributed by atoms with van der Waals surface area (Å²) in [5, 5.41) is 0. The normalized spacial score (nSPS) is 12.5. The van der Waals surface area contributed by atoms with Crippen LogP contribution in [0.1, 0.15) is 181 Å². The monoisotopic (exact) mass is 719 g/mol. The summed E-state index contributed by atoms with van der Waals surface area (Å²) in [4.78, 5) is 14.7. The molecule has 0 N–H and O–H groups in total. The maximum absolute atomic E-state index is 12.5. The van der Waals surface area contributed by atoms with Gasteiger partial charge in [-0.3, -0.25) is 4.79 Å². The predicted octanol–water partition coefficient (Wildman–Crippen LogP) is 14.0. The zero-order valence-corrected chi connectivity index (χ0v) is 34.3. The molecular weight excluding hydrogens is 643 g/mol. The molecular formula is C39H77NO2S4. The molecule has 1 unspecified atom stereocenters. The second-order valence-electron chi connectivity index (χ2n) is 13.3. The minimum atomic E-state index is 0.00255. The van der Waals surface area contributed by atoms with Gasteiger partial charge in [-0.2, -0.15) is 0 Å². The zero-order valence-electron chi connectivity index (χ0n) is 31.0. The number of esters is 1. The molecule has 3 nitrogen and oxygen atoms in total. The van der Waals surface area contributed by atoms with Crippen molar-refractivity contribution in [2.75, 3.05) is 43.7 Å². The van der Waals surface area contributed by atoms with Crippen LogP contribution < -0.4 is 0 Å². The van der Waals surface area contributed by atoms with Crippen molar-refractivity contribution in [1.29, 1.82) is 0 Å². The Morgan fingerprint density at radius 1 is 0.543 bits per heavy atom. The lowest BCUT2D eigenvalue weighted by atomic mass is 10.1. The molecule has 0 heterocycles. The van der Waals surface area contributed by atoms with Crippen molar-refractivity contribution in [3.63, 3.8) is 0 Å². The van der Waals surface area contributed by atoms with E-state index in [1.54, 1.807) is 0 Å². The molecule has 1 atom stereocenters. The Kier molecular flexibility index (Phi) is 40.5. The number of ether oxygens (including phenoxy) is 1. The third-order valence-electron chi connectivity index (χ3n) is 8.30. The summed E-state index contributed by atoms with van der Waals surface area (Å²) in [7, 11) is 12.3. The molecule has 274 valence electrons. The Hall–Kier alpha value is 0.570. The number of hydrogen-bond acceptors (Lipinski definition) is 7. The summed E-state index contributed by atoms with van der Waals surface area (Å²) in [5.41, 5.74) is 0. The fourth-order valence-electron chi connectivity index (χ4n) is 5.39. The van der Waals surface area contributed by atoms with E-state index in [2.05, 4.69) is 55.8 Å². The lowest BCUT2D eigenvalue weighted by Gasteiger charge is -2.18. The summed E-state index contributed by atoms with van der Waals surface area (Å²) in [6.07, 6.45) is 38.0. The van der Waals surface area contributed by atoms with Crippen molar-refractivity contribution < 1.29 is 9.53 Å². The molecule has 0 amide bonds. The summed E-state index contributed by atoms with van der Waals surface area (Å²) < 4.78 is 5.99. The van der Waals surface area contributed by atoms with Crippen molar-refractivity contribution >= 4 is 49.1 Å².